The number of aromatic nitrogens is 2. The minimum atomic E-state index is -0.322. The number of halogens is 1. The summed E-state index contributed by atoms with van der Waals surface area (Å²) in [6.07, 6.45) is 3.17. The van der Waals surface area contributed by atoms with Crippen molar-refractivity contribution in [2.24, 2.45) is 5.92 Å². The van der Waals surface area contributed by atoms with Crippen LogP contribution in [0.15, 0.2) is 36.7 Å². The summed E-state index contributed by atoms with van der Waals surface area (Å²) < 4.78 is 19.1. The van der Waals surface area contributed by atoms with E-state index in [2.05, 4.69) is 15.3 Å². The van der Waals surface area contributed by atoms with Crippen LogP contribution >= 0.6 is 0 Å². The predicted octanol–water partition coefficient (Wildman–Crippen LogP) is 1.88. The number of ether oxygens (including phenoxy) is 1. The van der Waals surface area contributed by atoms with Crippen molar-refractivity contribution in [1.29, 1.82) is 0 Å². The molecule has 0 bridgehead atoms. The molecule has 1 aliphatic heterocycles. The van der Waals surface area contributed by atoms with Gasteiger partial charge in [0.1, 0.15) is 5.82 Å². The van der Waals surface area contributed by atoms with E-state index >= 15 is 0 Å². The van der Waals surface area contributed by atoms with Crippen LogP contribution in [0.25, 0.3) is 11.4 Å². The fourth-order valence-corrected chi connectivity index (χ4v) is 1.85. The van der Waals surface area contributed by atoms with Crippen LogP contribution in [0.5, 0.6) is 5.75 Å². The van der Waals surface area contributed by atoms with E-state index in [1.165, 1.54) is 6.07 Å². The summed E-state index contributed by atoms with van der Waals surface area (Å²) in [7, 11) is 0. The Bertz CT molecular complexity index is 555. The van der Waals surface area contributed by atoms with Gasteiger partial charge in [0.25, 0.3) is 0 Å². The molecule has 2 heterocycles. The van der Waals surface area contributed by atoms with Gasteiger partial charge in [-0.25, -0.2) is 14.4 Å². The molecule has 0 unspecified atom stereocenters. The van der Waals surface area contributed by atoms with Crippen molar-refractivity contribution in [3.8, 4) is 17.1 Å². The van der Waals surface area contributed by atoms with Gasteiger partial charge in [0, 0.05) is 19.0 Å². The lowest BCUT2D eigenvalue weighted by atomic mass is 10.1. The number of nitrogens with zero attached hydrogens (tertiary/aromatic N) is 2. The molecule has 1 N–H and O–H groups in total. The zero-order valence-corrected chi connectivity index (χ0v) is 10.3. The third-order valence-electron chi connectivity index (χ3n) is 3.09. The number of nitrogens with one attached hydrogen (secondary N) is 1. The maximum absolute atomic E-state index is 13.6. The molecule has 19 heavy (non-hydrogen) atoms. The first-order valence-electron chi connectivity index (χ1n) is 6.23. The number of rotatable bonds is 4. The molecular weight excluding hydrogens is 245 g/mol. The van der Waals surface area contributed by atoms with Crippen molar-refractivity contribution in [3.63, 3.8) is 0 Å². The largest absolute Gasteiger partial charge is 0.490 e. The highest BCUT2D eigenvalue weighted by atomic mass is 19.1. The van der Waals surface area contributed by atoms with Gasteiger partial charge in [-0.2, -0.15) is 0 Å². The highest BCUT2D eigenvalue weighted by Gasteiger charge is 2.17. The Morgan fingerprint density at radius 1 is 1.21 bits per heavy atom. The summed E-state index contributed by atoms with van der Waals surface area (Å²) in [6.45, 7) is 2.65. The first-order chi connectivity index (χ1) is 9.33. The molecule has 1 saturated heterocycles. The lowest BCUT2D eigenvalue weighted by Gasteiger charge is -2.26. The van der Waals surface area contributed by atoms with Crippen LogP contribution in [0.3, 0.4) is 0 Å². The van der Waals surface area contributed by atoms with Gasteiger partial charge in [-0.1, -0.05) is 12.1 Å². The Kier molecular flexibility index (Phi) is 3.37. The van der Waals surface area contributed by atoms with Crippen molar-refractivity contribution in [1.82, 2.24) is 15.3 Å². The summed E-state index contributed by atoms with van der Waals surface area (Å²) in [5.74, 6) is 1.23. The molecule has 4 nitrogen and oxygen atoms in total. The summed E-state index contributed by atoms with van der Waals surface area (Å²) in [4.78, 5) is 8.28. The van der Waals surface area contributed by atoms with Crippen LogP contribution in [0.1, 0.15) is 0 Å². The fourth-order valence-electron chi connectivity index (χ4n) is 1.85. The summed E-state index contributed by atoms with van der Waals surface area (Å²) in [5.41, 5.74) is 0.400. The minimum Gasteiger partial charge on any atom is -0.490 e. The normalized spacial score (nSPS) is 15.0. The highest BCUT2D eigenvalue weighted by Crippen LogP contribution is 2.19. The van der Waals surface area contributed by atoms with Gasteiger partial charge in [-0.05, 0) is 12.1 Å². The summed E-state index contributed by atoms with van der Waals surface area (Å²) >= 11 is 0. The van der Waals surface area contributed by atoms with Crippen molar-refractivity contribution in [3.05, 3.63) is 42.5 Å². The molecule has 0 aliphatic carbocycles. The summed E-state index contributed by atoms with van der Waals surface area (Å²) in [6, 6.07) is 6.46. The van der Waals surface area contributed by atoms with Crippen LogP contribution < -0.4 is 10.1 Å². The van der Waals surface area contributed by atoms with Crippen LogP contribution in [-0.2, 0) is 0 Å². The Morgan fingerprint density at radius 3 is 2.58 bits per heavy atom. The van der Waals surface area contributed by atoms with Gasteiger partial charge in [0.15, 0.2) is 11.6 Å². The van der Waals surface area contributed by atoms with Crippen LogP contribution in [0.2, 0.25) is 0 Å². The van der Waals surface area contributed by atoms with E-state index in [0.717, 1.165) is 13.1 Å². The van der Waals surface area contributed by atoms with Crippen LogP contribution in [0.4, 0.5) is 4.39 Å². The zero-order chi connectivity index (χ0) is 13.1. The second kappa shape index (κ2) is 5.32. The van der Waals surface area contributed by atoms with E-state index in [0.29, 0.717) is 29.7 Å². The Morgan fingerprint density at radius 2 is 1.95 bits per heavy atom. The Balaban J connectivity index is 1.69. The SMILES string of the molecule is Fc1ccccc1-c1ncc(OCC2CNC2)cn1. The molecule has 1 aliphatic rings. The quantitative estimate of drug-likeness (QED) is 0.910. The topological polar surface area (TPSA) is 47.0 Å². The minimum absolute atomic E-state index is 0.322. The first-order valence-corrected chi connectivity index (χ1v) is 6.23. The van der Waals surface area contributed by atoms with E-state index in [1.807, 2.05) is 0 Å². The molecule has 1 aromatic heterocycles. The smallest absolute Gasteiger partial charge is 0.162 e. The highest BCUT2D eigenvalue weighted by molar-refractivity contribution is 5.55. The van der Waals surface area contributed by atoms with Crippen molar-refractivity contribution in [2.45, 2.75) is 0 Å². The average molecular weight is 259 g/mol. The third kappa shape index (κ3) is 2.71. The van der Waals surface area contributed by atoms with Gasteiger partial charge in [-0.3, -0.25) is 0 Å². The average Bonchev–Trinajstić information content (AvgIpc) is 2.39. The van der Waals surface area contributed by atoms with Gasteiger partial charge in [-0.15, -0.1) is 0 Å². The number of hydrogen-bond donors (Lipinski definition) is 1. The second-order valence-electron chi connectivity index (χ2n) is 4.56. The van der Waals surface area contributed by atoms with E-state index in [1.54, 1.807) is 30.6 Å². The van der Waals surface area contributed by atoms with Crippen LogP contribution in [0, 0.1) is 11.7 Å². The molecule has 0 atom stereocenters. The molecule has 0 amide bonds. The molecule has 1 aromatic carbocycles. The molecule has 0 saturated carbocycles. The van der Waals surface area contributed by atoms with E-state index in [4.69, 9.17) is 4.74 Å². The first kappa shape index (κ1) is 12.0. The second-order valence-corrected chi connectivity index (χ2v) is 4.56. The van der Waals surface area contributed by atoms with E-state index in [-0.39, 0.29) is 5.82 Å². The molecule has 3 rings (SSSR count). The molecule has 98 valence electrons. The summed E-state index contributed by atoms with van der Waals surface area (Å²) in [5, 5.41) is 3.18. The predicted molar refractivity (Wildman–Crippen MR) is 69.3 cm³/mol. The van der Waals surface area contributed by atoms with Gasteiger partial charge in [0.05, 0.1) is 24.6 Å². The molecule has 1 fully saturated rings. The van der Waals surface area contributed by atoms with Crippen molar-refractivity contribution < 1.29 is 9.13 Å². The third-order valence-corrected chi connectivity index (χ3v) is 3.09. The molecule has 5 heteroatoms. The maximum atomic E-state index is 13.6. The van der Waals surface area contributed by atoms with Gasteiger partial charge in [0.2, 0.25) is 0 Å². The van der Waals surface area contributed by atoms with Gasteiger partial charge >= 0.3 is 0 Å². The van der Waals surface area contributed by atoms with E-state index < -0.39 is 0 Å². The van der Waals surface area contributed by atoms with Crippen molar-refractivity contribution in [2.75, 3.05) is 19.7 Å². The maximum Gasteiger partial charge on any atom is 0.162 e. The lowest BCUT2D eigenvalue weighted by molar-refractivity contribution is 0.198. The Hall–Kier alpha value is -2.01. The van der Waals surface area contributed by atoms with Crippen molar-refractivity contribution >= 4 is 0 Å². The Labute approximate surface area is 110 Å². The molecular formula is C14H14FN3O. The molecule has 0 spiro atoms. The number of benzene rings is 1. The molecule has 2 aromatic rings. The fraction of sp³-hybridized carbons (Fsp3) is 0.286. The lowest BCUT2D eigenvalue weighted by Crippen LogP contribution is -2.45. The monoisotopic (exact) mass is 259 g/mol. The molecule has 0 radical (unpaired) electrons. The van der Waals surface area contributed by atoms with Gasteiger partial charge < -0.3 is 10.1 Å². The standard InChI is InChI=1S/C14H14FN3O/c15-13-4-2-1-3-12(13)14-17-7-11(8-18-14)19-9-10-5-16-6-10/h1-4,7-8,10,16H,5-6,9H2. The zero-order valence-electron chi connectivity index (χ0n) is 10.3. The number of hydrogen-bond acceptors (Lipinski definition) is 4. The van der Waals surface area contributed by atoms with E-state index in [9.17, 15) is 4.39 Å². The van der Waals surface area contributed by atoms with Crippen LogP contribution in [-0.4, -0.2) is 29.7 Å².